The number of aromatic nitrogens is 1. The zero-order valence-electron chi connectivity index (χ0n) is 11.8. The molecule has 0 aliphatic heterocycles. The van der Waals surface area contributed by atoms with Gasteiger partial charge in [-0.3, -0.25) is 0 Å². The van der Waals surface area contributed by atoms with Crippen LogP contribution in [0.4, 0.5) is 26.3 Å². The quantitative estimate of drug-likeness (QED) is 0.290. The van der Waals surface area contributed by atoms with E-state index < -0.39 is 31.2 Å². The van der Waals surface area contributed by atoms with Crippen molar-refractivity contribution in [1.29, 1.82) is 0 Å². The van der Waals surface area contributed by atoms with Gasteiger partial charge < -0.3 is 4.55 Å². The molecule has 7 nitrogen and oxygen atoms in total. The maximum atomic E-state index is 12.2. The van der Waals surface area contributed by atoms with E-state index in [1.807, 2.05) is 0 Å². The van der Waals surface area contributed by atoms with Crippen LogP contribution in [0.25, 0.3) is 0 Å². The molecule has 140 valence electrons. The molecule has 0 N–H and O–H groups in total. The number of hydrogen-bond acceptors (Lipinski definition) is 5. The van der Waals surface area contributed by atoms with Crippen LogP contribution in [0.2, 0.25) is 0 Å². The molecule has 0 aliphatic rings. The van der Waals surface area contributed by atoms with Crippen molar-refractivity contribution in [3.05, 3.63) is 29.9 Å². The van der Waals surface area contributed by atoms with Gasteiger partial charge in [-0.05, 0) is 0 Å². The van der Waals surface area contributed by atoms with Gasteiger partial charge in [0.2, 0.25) is 5.36 Å². The van der Waals surface area contributed by atoms with E-state index in [2.05, 4.69) is 0 Å². The molecular formula is C9H10F6N2O5S2. The van der Waals surface area contributed by atoms with Crippen molar-refractivity contribution in [3.63, 3.8) is 0 Å². The molecule has 0 amide bonds. The fourth-order valence-corrected chi connectivity index (χ4v) is 1.66. The van der Waals surface area contributed by atoms with Crippen LogP contribution in [0.15, 0.2) is 24.5 Å². The number of alkyl halides is 6. The summed E-state index contributed by atoms with van der Waals surface area (Å²) in [6.45, 7) is 0. The Morgan fingerprint density at radius 3 is 1.46 bits per heavy atom. The van der Waals surface area contributed by atoms with Gasteiger partial charge in [-0.25, -0.2) is 17.0 Å². The molecule has 0 bridgehead atoms. The van der Waals surface area contributed by atoms with Gasteiger partial charge in [-0.15, -0.1) is 0 Å². The molecule has 0 atom stereocenters. The van der Waals surface area contributed by atoms with Gasteiger partial charge in [-0.2, -0.15) is 34.8 Å². The SMILES string of the molecule is C[N+](C)=c1ccn(S(=O)(=O)C(F)(F)F)cc1.O=S(=O)([O-])C(F)(F)F. The molecule has 0 saturated heterocycles. The lowest BCUT2D eigenvalue weighted by atomic mass is 10.5. The Labute approximate surface area is 132 Å². The van der Waals surface area contributed by atoms with Crippen LogP contribution in [-0.2, 0) is 20.1 Å². The fourth-order valence-electron chi connectivity index (χ4n) is 0.983. The normalized spacial score (nSPS) is 13.0. The van der Waals surface area contributed by atoms with E-state index in [0.717, 1.165) is 12.4 Å². The minimum Gasteiger partial charge on any atom is -0.741 e. The molecular weight excluding hydrogens is 394 g/mol. The standard InChI is InChI=1S/C8H10F3N2O2S.CHF3O3S/c1-12(2)7-3-5-13(6-4-7)16(14,15)8(9,10)11;2-1(3,4)8(5,6)7/h3-6H,1-2H3;(H,5,6,7)/q+1;/p-1. The maximum absolute atomic E-state index is 12.2. The first-order chi connectivity index (χ1) is 10.4. The minimum atomic E-state index is -6.09. The summed E-state index contributed by atoms with van der Waals surface area (Å²) in [6.07, 6.45) is 1.72. The van der Waals surface area contributed by atoms with Crippen LogP contribution >= 0.6 is 0 Å². The van der Waals surface area contributed by atoms with E-state index in [-0.39, 0.29) is 3.97 Å². The Kier molecular flexibility index (Phi) is 6.62. The van der Waals surface area contributed by atoms with Gasteiger partial charge >= 0.3 is 21.0 Å². The van der Waals surface area contributed by atoms with Crippen molar-refractivity contribution in [2.24, 2.45) is 0 Å². The predicted molar refractivity (Wildman–Crippen MR) is 67.7 cm³/mol. The van der Waals surface area contributed by atoms with Crippen molar-refractivity contribution in [1.82, 2.24) is 8.55 Å². The summed E-state index contributed by atoms with van der Waals surface area (Å²) in [6, 6.07) is 2.56. The summed E-state index contributed by atoms with van der Waals surface area (Å²) in [5, 5.41) is 0.605. The van der Waals surface area contributed by atoms with Crippen molar-refractivity contribution >= 4 is 20.1 Å². The Morgan fingerprint density at radius 1 is 0.917 bits per heavy atom. The van der Waals surface area contributed by atoms with E-state index in [0.29, 0.717) is 5.36 Å². The second-order valence-electron chi connectivity index (χ2n) is 4.13. The van der Waals surface area contributed by atoms with E-state index in [9.17, 15) is 34.8 Å². The van der Waals surface area contributed by atoms with Crippen molar-refractivity contribution in [3.8, 4) is 0 Å². The van der Waals surface area contributed by atoms with Gasteiger partial charge in [0.25, 0.3) is 0 Å². The van der Waals surface area contributed by atoms with Crippen LogP contribution in [0.5, 0.6) is 0 Å². The molecule has 0 saturated carbocycles. The third kappa shape index (κ3) is 5.79. The Bertz CT molecular complexity index is 827. The monoisotopic (exact) mass is 404 g/mol. The van der Waals surface area contributed by atoms with Gasteiger partial charge in [0, 0.05) is 24.5 Å². The molecule has 0 aliphatic carbocycles. The topological polar surface area (TPSA) is 99.3 Å². The second-order valence-corrected chi connectivity index (χ2v) is 7.34. The molecule has 1 heterocycles. The highest BCUT2D eigenvalue weighted by molar-refractivity contribution is 7.90. The number of rotatable bonds is 1. The molecule has 24 heavy (non-hydrogen) atoms. The molecule has 0 fully saturated rings. The van der Waals surface area contributed by atoms with Crippen LogP contribution < -0.4 is 9.93 Å². The zero-order valence-corrected chi connectivity index (χ0v) is 13.5. The molecule has 0 radical (unpaired) electrons. The molecule has 0 spiro atoms. The van der Waals surface area contributed by atoms with Crippen molar-refractivity contribution in [2.45, 2.75) is 11.0 Å². The highest BCUT2D eigenvalue weighted by Gasteiger charge is 2.46. The van der Waals surface area contributed by atoms with E-state index in [1.54, 1.807) is 18.7 Å². The highest BCUT2D eigenvalue weighted by atomic mass is 32.2. The van der Waals surface area contributed by atoms with Crippen molar-refractivity contribution in [2.75, 3.05) is 14.1 Å². The zero-order chi connectivity index (χ0) is 19.6. The summed E-state index contributed by atoms with van der Waals surface area (Å²) >= 11 is 0. The van der Waals surface area contributed by atoms with Crippen LogP contribution in [0, 0.1) is 0 Å². The van der Waals surface area contributed by atoms with Crippen LogP contribution in [0.3, 0.4) is 0 Å². The first kappa shape index (κ1) is 22.4. The first-order valence-electron chi connectivity index (χ1n) is 5.44. The number of halogens is 6. The lowest BCUT2D eigenvalue weighted by molar-refractivity contribution is -0.0518. The van der Waals surface area contributed by atoms with Gasteiger partial charge in [0.05, 0.1) is 0 Å². The Balaban J connectivity index is 0.000000561. The third-order valence-corrected chi connectivity index (χ3v) is 4.10. The lowest BCUT2D eigenvalue weighted by Crippen LogP contribution is -2.31. The van der Waals surface area contributed by atoms with E-state index in [1.165, 1.54) is 12.1 Å². The minimum absolute atomic E-state index is 0.139. The molecule has 15 heteroatoms. The first-order valence-corrected chi connectivity index (χ1v) is 8.28. The molecule has 0 unspecified atom stereocenters. The maximum Gasteiger partial charge on any atom is 0.517 e. The van der Waals surface area contributed by atoms with Gasteiger partial charge in [0.15, 0.2) is 10.1 Å². The molecule has 1 aromatic rings. The molecule has 1 rings (SSSR count). The summed E-state index contributed by atoms with van der Waals surface area (Å²) < 4.78 is 119. The summed E-state index contributed by atoms with van der Waals surface area (Å²) in [4.78, 5) is 0. The fraction of sp³-hybridized carbons (Fsp3) is 0.444. The smallest absolute Gasteiger partial charge is 0.517 e. The van der Waals surface area contributed by atoms with E-state index >= 15 is 0 Å². The second kappa shape index (κ2) is 7.10. The number of hydrogen-bond donors (Lipinski definition) is 0. The number of nitrogens with zero attached hydrogens (tertiary/aromatic N) is 2. The van der Waals surface area contributed by atoms with Gasteiger partial charge in [0.1, 0.15) is 14.1 Å². The summed E-state index contributed by atoms with van der Waals surface area (Å²) in [7, 11) is -8.03. The van der Waals surface area contributed by atoms with Crippen LogP contribution in [0.1, 0.15) is 0 Å². The largest absolute Gasteiger partial charge is 0.741 e. The van der Waals surface area contributed by atoms with E-state index in [4.69, 9.17) is 13.0 Å². The summed E-state index contributed by atoms with van der Waals surface area (Å²) in [5.41, 5.74) is -10.9. The molecule has 1 aromatic heterocycles. The Morgan fingerprint density at radius 2 is 1.25 bits per heavy atom. The number of pyridine rings is 1. The highest BCUT2D eigenvalue weighted by Crippen LogP contribution is 2.24. The lowest BCUT2D eigenvalue weighted by Gasteiger charge is -2.09. The average Bonchev–Trinajstić information content (AvgIpc) is 2.35. The molecule has 0 aromatic carbocycles. The Hall–Kier alpha value is -1.61. The summed E-state index contributed by atoms with van der Waals surface area (Å²) in [5.74, 6) is 0. The van der Waals surface area contributed by atoms with Gasteiger partial charge in [-0.1, -0.05) is 0 Å². The van der Waals surface area contributed by atoms with Crippen LogP contribution in [-0.4, -0.2) is 50.5 Å². The third-order valence-electron chi connectivity index (χ3n) is 2.15. The van der Waals surface area contributed by atoms with Crippen molar-refractivity contribution < 1.29 is 47.7 Å². The average molecular weight is 404 g/mol. The predicted octanol–water partition coefficient (Wildman–Crippen LogP) is 0.269.